The van der Waals surface area contributed by atoms with Gasteiger partial charge in [-0.2, -0.15) is 0 Å². The first-order valence-electron chi connectivity index (χ1n) is 5.50. The Balaban J connectivity index is 3.15. The van der Waals surface area contributed by atoms with Crippen LogP contribution < -0.4 is 0 Å². The topological polar surface area (TPSA) is 46.6 Å². The van der Waals surface area contributed by atoms with Gasteiger partial charge in [-0.3, -0.25) is 9.59 Å². The molecular formula is C13H17NO3. The van der Waals surface area contributed by atoms with Crippen LogP contribution in [0, 0.1) is 0 Å². The van der Waals surface area contributed by atoms with Gasteiger partial charge in [-0.25, -0.2) is 0 Å². The molecular weight excluding hydrogens is 218 g/mol. The van der Waals surface area contributed by atoms with Crippen molar-refractivity contribution in [1.29, 1.82) is 0 Å². The van der Waals surface area contributed by atoms with Gasteiger partial charge in [0.1, 0.15) is 12.1 Å². The number of amides is 1. The molecule has 1 aromatic carbocycles. The molecule has 4 heteroatoms. The van der Waals surface area contributed by atoms with Crippen LogP contribution in [0.1, 0.15) is 18.9 Å². The Labute approximate surface area is 101 Å². The SMILES string of the molecule is CCC(COC=O)(c1ccccc1)N(C)C=O. The van der Waals surface area contributed by atoms with Crippen LogP contribution in [-0.2, 0) is 19.9 Å². The van der Waals surface area contributed by atoms with Gasteiger partial charge in [0.25, 0.3) is 6.47 Å². The Hall–Kier alpha value is -1.84. The number of carbonyl (C=O) groups is 2. The van der Waals surface area contributed by atoms with Gasteiger partial charge >= 0.3 is 0 Å². The predicted octanol–water partition coefficient (Wildman–Crippen LogP) is 1.55. The summed E-state index contributed by atoms with van der Waals surface area (Å²) in [6.07, 6.45) is 1.42. The molecule has 1 rings (SSSR count). The number of ether oxygens (including phenoxy) is 1. The minimum absolute atomic E-state index is 0.159. The van der Waals surface area contributed by atoms with E-state index in [9.17, 15) is 9.59 Å². The largest absolute Gasteiger partial charge is 0.465 e. The molecule has 1 aromatic rings. The third kappa shape index (κ3) is 2.64. The van der Waals surface area contributed by atoms with Crippen molar-refractivity contribution in [2.45, 2.75) is 18.9 Å². The summed E-state index contributed by atoms with van der Waals surface area (Å²) in [5, 5.41) is 0. The fraction of sp³-hybridized carbons (Fsp3) is 0.385. The average Bonchev–Trinajstić information content (AvgIpc) is 2.41. The highest BCUT2D eigenvalue weighted by atomic mass is 16.5. The molecule has 0 radical (unpaired) electrons. The molecule has 92 valence electrons. The van der Waals surface area contributed by atoms with Gasteiger partial charge in [-0.15, -0.1) is 0 Å². The lowest BCUT2D eigenvalue weighted by atomic mass is 9.87. The monoisotopic (exact) mass is 235 g/mol. The van der Waals surface area contributed by atoms with E-state index < -0.39 is 5.54 Å². The molecule has 1 amide bonds. The third-order valence-electron chi connectivity index (χ3n) is 3.12. The van der Waals surface area contributed by atoms with Gasteiger partial charge in [-0.05, 0) is 12.0 Å². The maximum atomic E-state index is 11.0. The van der Waals surface area contributed by atoms with Crippen LogP contribution in [0.15, 0.2) is 30.3 Å². The first-order chi connectivity index (χ1) is 8.21. The number of carbonyl (C=O) groups excluding carboxylic acids is 2. The molecule has 0 aliphatic rings. The lowest BCUT2D eigenvalue weighted by Crippen LogP contribution is -2.46. The molecule has 0 saturated carbocycles. The summed E-state index contributed by atoms with van der Waals surface area (Å²) >= 11 is 0. The number of benzene rings is 1. The highest BCUT2D eigenvalue weighted by molar-refractivity contribution is 5.50. The van der Waals surface area contributed by atoms with E-state index in [0.717, 1.165) is 12.0 Å². The zero-order valence-electron chi connectivity index (χ0n) is 10.1. The Morgan fingerprint density at radius 3 is 2.41 bits per heavy atom. The second-order valence-electron chi connectivity index (χ2n) is 3.87. The van der Waals surface area contributed by atoms with Crippen molar-refractivity contribution in [2.75, 3.05) is 13.7 Å². The van der Waals surface area contributed by atoms with Gasteiger partial charge in [0, 0.05) is 7.05 Å². The van der Waals surface area contributed by atoms with E-state index in [1.54, 1.807) is 11.9 Å². The molecule has 4 nitrogen and oxygen atoms in total. The highest BCUT2D eigenvalue weighted by Crippen LogP contribution is 2.30. The first kappa shape index (κ1) is 13.2. The summed E-state index contributed by atoms with van der Waals surface area (Å²) in [4.78, 5) is 23.0. The summed E-state index contributed by atoms with van der Waals surface area (Å²) in [5.74, 6) is 0. The number of likely N-dealkylation sites (N-methyl/N-ethyl adjacent to an activating group) is 1. The van der Waals surface area contributed by atoms with E-state index in [4.69, 9.17) is 4.74 Å². The molecule has 0 N–H and O–H groups in total. The Morgan fingerprint density at radius 1 is 1.29 bits per heavy atom. The zero-order valence-corrected chi connectivity index (χ0v) is 10.1. The Kier molecular flexibility index (Phi) is 4.69. The van der Waals surface area contributed by atoms with Gasteiger partial charge < -0.3 is 9.64 Å². The molecule has 0 bridgehead atoms. The Bertz CT molecular complexity index is 366. The fourth-order valence-corrected chi connectivity index (χ4v) is 1.97. The average molecular weight is 235 g/mol. The van der Waals surface area contributed by atoms with E-state index in [0.29, 0.717) is 12.9 Å². The normalized spacial score (nSPS) is 13.5. The quantitative estimate of drug-likeness (QED) is 0.674. The predicted molar refractivity (Wildman–Crippen MR) is 64.3 cm³/mol. The lowest BCUT2D eigenvalue weighted by Gasteiger charge is -2.38. The summed E-state index contributed by atoms with van der Waals surface area (Å²) in [7, 11) is 1.69. The van der Waals surface area contributed by atoms with Crippen molar-refractivity contribution in [3.63, 3.8) is 0 Å². The molecule has 1 unspecified atom stereocenters. The number of hydrogen-bond acceptors (Lipinski definition) is 3. The second kappa shape index (κ2) is 6.03. The van der Waals surface area contributed by atoms with Crippen molar-refractivity contribution in [3.05, 3.63) is 35.9 Å². The lowest BCUT2D eigenvalue weighted by molar-refractivity contribution is -0.137. The molecule has 0 aliphatic heterocycles. The molecule has 1 atom stereocenters. The smallest absolute Gasteiger partial charge is 0.293 e. The molecule has 0 heterocycles. The van der Waals surface area contributed by atoms with Gasteiger partial charge in [0.15, 0.2) is 0 Å². The summed E-state index contributed by atoms with van der Waals surface area (Å²) < 4.78 is 4.89. The number of rotatable bonds is 7. The van der Waals surface area contributed by atoms with Gasteiger partial charge in [0.05, 0.1) is 0 Å². The van der Waals surface area contributed by atoms with Crippen LogP contribution >= 0.6 is 0 Å². The van der Waals surface area contributed by atoms with Crippen LogP contribution in [0.3, 0.4) is 0 Å². The van der Waals surface area contributed by atoms with Crippen molar-refractivity contribution >= 4 is 12.9 Å². The maximum absolute atomic E-state index is 11.0. The number of hydrogen-bond donors (Lipinski definition) is 0. The maximum Gasteiger partial charge on any atom is 0.293 e. The molecule has 17 heavy (non-hydrogen) atoms. The zero-order chi connectivity index (χ0) is 12.7. The highest BCUT2D eigenvalue weighted by Gasteiger charge is 2.35. The summed E-state index contributed by atoms with van der Waals surface area (Å²) in [6, 6.07) is 9.57. The van der Waals surface area contributed by atoms with E-state index >= 15 is 0 Å². The van der Waals surface area contributed by atoms with Crippen LogP contribution in [0.5, 0.6) is 0 Å². The van der Waals surface area contributed by atoms with Crippen LogP contribution in [0.4, 0.5) is 0 Å². The molecule has 0 fully saturated rings. The Morgan fingerprint density at radius 2 is 1.94 bits per heavy atom. The molecule has 0 aromatic heterocycles. The molecule has 0 spiro atoms. The standard InChI is InChI=1S/C13H17NO3/c1-3-13(9-17-11-16,14(2)10-15)12-7-5-4-6-8-12/h4-8,10-11H,3,9H2,1-2H3. The molecule has 0 saturated heterocycles. The van der Waals surface area contributed by atoms with Crippen LogP contribution in [-0.4, -0.2) is 31.4 Å². The first-order valence-corrected chi connectivity index (χ1v) is 5.50. The minimum atomic E-state index is -0.593. The third-order valence-corrected chi connectivity index (χ3v) is 3.12. The summed E-state index contributed by atoms with van der Waals surface area (Å²) in [6.45, 7) is 2.53. The molecule has 0 aliphatic carbocycles. The van der Waals surface area contributed by atoms with Crippen molar-refractivity contribution in [2.24, 2.45) is 0 Å². The van der Waals surface area contributed by atoms with Gasteiger partial charge in [-0.1, -0.05) is 37.3 Å². The summed E-state index contributed by atoms with van der Waals surface area (Å²) in [5.41, 5.74) is 0.364. The van der Waals surface area contributed by atoms with Crippen molar-refractivity contribution in [3.8, 4) is 0 Å². The van der Waals surface area contributed by atoms with Crippen molar-refractivity contribution < 1.29 is 14.3 Å². The van der Waals surface area contributed by atoms with E-state index in [1.807, 2.05) is 37.3 Å². The number of nitrogens with zero attached hydrogens (tertiary/aromatic N) is 1. The minimum Gasteiger partial charge on any atom is -0.465 e. The van der Waals surface area contributed by atoms with Crippen molar-refractivity contribution in [1.82, 2.24) is 4.90 Å². The fourth-order valence-electron chi connectivity index (χ4n) is 1.97. The second-order valence-corrected chi connectivity index (χ2v) is 3.87. The van der Waals surface area contributed by atoms with E-state index in [1.165, 1.54) is 0 Å². The van der Waals surface area contributed by atoms with Crippen LogP contribution in [0.25, 0.3) is 0 Å². The van der Waals surface area contributed by atoms with E-state index in [-0.39, 0.29) is 6.61 Å². The van der Waals surface area contributed by atoms with Gasteiger partial charge in [0.2, 0.25) is 6.41 Å². The van der Waals surface area contributed by atoms with E-state index in [2.05, 4.69) is 0 Å². The van der Waals surface area contributed by atoms with Crippen LogP contribution in [0.2, 0.25) is 0 Å².